The molecule has 4 saturated carbocycles. The van der Waals surface area contributed by atoms with Crippen molar-refractivity contribution in [3.05, 3.63) is 11.6 Å². The summed E-state index contributed by atoms with van der Waals surface area (Å²) >= 11 is 0. The first kappa shape index (κ1) is 27.2. The maximum atomic E-state index is 12.6. The van der Waals surface area contributed by atoms with E-state index in [2.05, 4.69) is 34.6 Å². The summed E-state index contributed by atoms with van der Waals surface area (Å²) < 4.78 is 18.4. The van der Waals surface area contributed by atoms with Crippen LogP contribution in [-0.2, 0) is 19.0 Å². The van der Waals surface area contributed by atoms with Gasteiger partial charge in [0.05, 0.1) is 12.2 Å². The zero-order valence-corrected chi connectivity index (χ0v) is 24.8. The van der Waals surface area contributed by atoms with Crippen LogP contribution in [0.5, 0.6) is 0 Å². The van der Waals surface area contributed by atoms with Gasteiger partial charge >= 0.3 is 5.97 Å². The minimum atomic E-state index is -1.06. The molecule has 6 heteroatoms. The maximum absolute atomic E-state index is 12.6. The zero-order chi connectivity index (χ0) is 27.7. The van der Waals surface area contributed by atoms with E-state index < -0.39 is 11.9 Å². The summed E-state index contributed by atoms with van der Waals surface area (Å²) in [5, 5.41) is 22.3. The van der Waals surface area contributed by atoms with Crippen LogP contribution in [0.1, 0.15) is 100 Å². The Labute approximate surface area is 228 Å². The van der Waals surface area contributed by atoms with E-state index in [1.54, 1.807) is 6.92 Å². The van der Waals surface area contributed by atoms with E-state index in [0.717, 1.165) is 38.5 Å². The number of hydrogen-bond acceptors (Lipinski definition) is 6. The smallest absolute Gasteiger partial charge is 0.302 e. The van der Waals surface area contributed by atoms with E-state index in [-0.39, 0.29) is 51.4 Å². The second-order valence-electron chi connectivity index (χ2n) is 15.6. The molecule has 3 aliphatic heterocycles. The van der Waals surface area contributed by atoms with Crippen molar-refractivity contribution in [2.24, 2.45) is 45.3 Å². The number of aliphatic hydroxyl groups is 2. The topological polar surface area (TPSA) is 88.5 Å². The third kappa shape index (κ3) is 3.36. The van der Waals surface area contributed by atoms with Gasteiger partial charge in [-0.15, -0.1) is 0 Å². The molecule has 7 rings (SSSR count). The number of allylic oxidation sites excluding steroid dienone is 1. The number of hydrogen-bond donors (Lipinski definition) is 2. The maximum Gasteiger partial charge on any atom is 0.302 e. The molecule has 0 aromatic heterocycles. The van der Waals surface area contributed by atoms with Crippen LogP contribution in [0.3, 0.4) is 0 Å². The molecule has 1 spiro atoms. The lowest BCUT2D eigenvalue weighted by Gasteiger charge is -2.74. The molecule has 4 aliphatic carbocycles. The minimum absolute atomic E-state index is 0.00594. The average molecular weight is 531 g/mol. The molecule has 7 aliphatic rings. The van der Waals surface area contributed by atoms with Gasteiger partial charge in [-0.2, -0.15) is 0 Å². The van der Waals surface area contributed by atoms with Gasteiger partial charge < -0.3 is 24.4 Å². The molecule has 0 amide bonds. The molecule has 2 N–H and O–H groups in total. The first-order valence-electron chi connectivity index (χ1n) is 15.1. The van der Waals surface area contributed by atoms with Gasteiger partial charge in [0.15, 0.2) is 5.79 Å². The molecule has 7 fully saturated rings. The molecule has 0 unspecified atom stereocenters. The molecule has 0 radical (unpaired) electrons. The van der Waals surface area contributed by atoms with Gasteiger partial charge in [0.25, 0.3) is 0 Å². The zero-order valence-electron chi connectivity index (χ0n) is 24.8. The number of rotatable bonds is 4. The Morgan fingerprint density at radius 3 is 2.24 bits per heavy atom. The fraction of sp³-hybridized carbons (Fsp3) is 0.906. The van der Waals surface area contributed by atoms with E-state index in [9.17, 15) is 15.0 Å². The Hall–Kier alpha value is -0.950. The molecule has 214 valence electrons. The summed E-state index contributed by atoms with van der Waals surface area (Å²) in [6.45, 7) is 17.7. The van der Waals surface area contributed by atoms with E-state index >= 15 is 0 Å². The molecule has 38 heavy (non-hydrogen) atoms. The van der Waals surface area contributed by atoms with Crippen LogP contribution in [0, 0.1) is 45.3 Å². The van der Waals surface area contributed by atoms with Gasteiger partial charge in [0.2, 0.25) is 0 Å². The highest BCUT2D eigenvalue weighted by atomic mass is 16.6. The SMILES string of the molecule is CC(=O)O[C@@H]1C[C@@H]2[C@@H](/C(C)=C/[C@H](O)[C@H]3OC3(C)C)CC[C@@]2(C)[C@]2(C)CC[C@H]3C(C)(C)[C@]4(O)CC[C@]3(CO4)[C@@H]12. The monoisotopic (exact) mass is 530 g/mol. The molecular formula is C32H50O6. The standard InChI is InChI=1S/C32H50O6/c1-18(15-22(34)26-28(5,6)38-26)20-9-11-29(7)21(20)16-23(37-19(2)33)25-30(29,8)12-10-24-27(3,4)32(35)14-13-31(24,25)17-36-32/h15,20-26,34-35H,9-14,16-17H2,1-8H3/b18-15+/t20-,21-,22+,23-,24+,25+,26-,29-,30-,31-,32+/m1/s1. The van der Waals surface area contributed by atoms with Crippen LogP contribution in [-0.4, -0.2) is 52.5 Å². The summed E-state index contributed by atoms with van der Waals surface area (Å²) in [4.78, 5) is 12.6. The van der Waals surface area contributed by atoms with Crippen LogP contribution in [0.25, 0.3) is 0 Å². The molecule has 3 heterocycles. The van der Waals surface area contributed by atoms with Crippen molar-refractivity contribution in [2.45, 2.75) is 130 Å². The molecular weight excluding hydrogens is 480 g/mol. The quantitative estimate of drug-likeness (QED) is 0.288. The van der Waals surface area contributed by atoms with Gasteiger partial charge in [0.1, 0.15) is 18.3 Å². The van der Waals surface area contributed by atoms with Crippen LogP contribution in [0.15, 0.2) is 11.6 Å². The van der Waals surface area contributed by atoms with E-state index in [1.807, 2.05) is 19.9 Å². The number of carbonyl (C=O) groups is 1. The summed E-state index contributed by atoms with van der Waals surface area (Å²) in [7, 11) is 0. The number of aliphatic hydroxyl groups excluding tert-OH is 1. The highest BCUT2D eigenvalue weighted by molar-refractivity contribution is 5.66. The Bertz CT molecular complexity index is 1040. The number of carbonyl (C=O) groups excluding carboxylic acids is 1. The van der Waals surface area contributed by atoms with Crippen molar-refractivity contribution in [1.82, 2.24) is 0 Å². The van der Waals surface area contributed by atoms with Gasteiger partial charge in [-0.25, -0.2) is 0 Å². The lowest BCUT2D eigenvalue weighted by Crippen LogP contribution is -2.75. The normalized spacial score (nSPS) is 52.9. The molecule has 3 saturated heterocycles. The molecule has 0 aromatic rings. The van der Waals surface area contributed by atoms with Crippen LogP contribution < -0.4 is 0 Å². The summed E-state index contributed by atoms with van der Waals surface area (Å²) in [5.74, 6) is 0.0282. The minimum Gasteiger partial charge on any atom is -0.462 e. The van der Waals surface area contributed by atoms with Crippen LogP contribution in [0.4, 0.5) is 0 Å². The highest BCUT2D eigenvalue weighted by Crippen LogP contribution is 2.78. The lowest BCUT2D eigenvalue weighted by atomic mass is 9.33. The van der Waals surface area contributed by atoms with E-state index in [1.165, 1.54) is 5.57 Å². The van der Waals surface area contributed by atoms with Crippen molar-refractivity contribution >= 4 is 5.97 Å². The third-order valence-corrected chi connectivity index (χ3v) is 13.5. The van der Waals surface area contributed by atoms with Crippen LogP contribution >= 0.6 is 0 Å². The molecule has 2 bridgehead atoms. The van der Waals surface area contributed by atoms with E-state index in [4.69, 9.17) is 14.2 Å². The van der Waals surface area contributed by atoms with Crippen molar-refractivity contribution < 1.29 is 29.2 Å². The number of ether oxygens (including phenoxy) is 3. The molecule has 11 atom stereocenters. The van der Waals surface area contributed by atoms with Gasteiger partial charge in [0, 0.05) is 30.1 Å². The predicted molar refractivity (Wildman–Crippen MR) is 144 cm³/mol. The average Bonchev–Trinajstić information content (AvgIpc) is 3.31. The van der Waals surface area contributed by atoms with Crippen molar-refractivity contribution in [3.63, 3.8) is 0 Å². The van der Waals surface area contributed by atoms with Crippen molar-refractivity contribution in [1.29, 1.82) is 0 Å². The Morgan fingerprint density at radius 1 is 1.00 bits per heavy atom. The number of epoxide rings is 1. The number of esters is 1. The Balaban J connectivity index is 1.38. The Kier molecular flexibility index (Phi) is 5.79. The Morgan fingerprint density at radius 2 is 1.66 bits per heavy atom. The fourth-order valence-corrected chi connectivity index (χ4v) is 11.3. The molecule has 6 nitrogen and oxygen atoms in total. The first-order valence-corrected chi connectivity index (χ1v) is 15.1. The van der Waals surface area contributed by atoms with Gasteiger partial charge in [-0.1, -0.05) is 39.3 Å². The third-order valence-electron chi connectivity index (χ3n) is 13.5. The predicted octanol–water partition coefficient (Wildman–Crippen LogP) is 5.40. The second kappa shape index (κ2) is 8.08. The summed E-state index contributed by atoms with van der Waals surface area (Å²) in [5.41, 5.74) is 0.653. The largest absolute Gasteiger partial charge is 0.462 e. The second-order valence-corrected chi connectivity index (χ2v) is 15.6. The van der Waals surface area contributed by atoms with Crippen molar-refractivity contribution in [2.75, 3.05) is 6.61 Å². The van der Waals surface area contributed by atoms with Gasteiger partial charge in [-0.05, 0) is 87.9 Å². The molecule has 0 aromatic carbocycles. The van der Waals surface area contributed by atoms with E-state index in [0.29, 0.717) is 30.8 Å². The van der Waals surface area contributed by atoms with Gasteiger partial charge in [-0.3, -0.25) is 4.79 Å². The van der Waals surface area contributed by atoms with Crippen molar-refractivity contribution in [3.8, 4) is 0 Å². The first-order chi connectivity index (χ1) is 17.5. The fourth-order valence-electron chi connectivity index (χ4n) is 11.3. The summed E-state index contributed by atoms with van der Waals surface area (Å²) in [6, 6.07) is 0. The summed E-state index contributed by atoms with van der Waals surface area (Å²) in [6.07, 6.45) is 7.98. The lowest BCUT2D eigenvalue weighted by molar-refractivity contribution is -0.404. The number of fused-ring (bicyclic) bond motifs is 5. The van der Waals surface area contributed by atoms with Crippen LogP contribution in [0.2, 0.25) is 0 Å². The highest BCUT2D eigenvalue weighted by Gasteiger charge is 2.76.